The van der Waals surface area contributed by atoms with Crippen molar-refractivity contribution in [3.63, 3.8) is 0 Å². The molecule has 4 heteroatoms. The summed E-state index contributed by atoms with van der Waals surface area (Å²) in [6, 6.07) is 0. The van der Waals surface area contributed by atoms with E-state index in [4.69, 9.17) is 11.2 Å². The molecule has 0 spiro atoms. The van der Waals surface area contributed by atoms with E-state index < -0.39 is 5.97 Å². The molecule has 0 aliphatic heterocycles. The molecule has 0 saturated carbocycles. The van der Waals surface area contributed by atoms with Crippen molar-refractivity contribution in [1.29, 1.82) is 0 Å². The van der Waals surface area contributed by atoms with Crippen molar-refractivity contribution >= 4 is 11.8 Å². The van der Waals surface area contributed by atoms with Crippen molar-refractivity contribution < 1.29 is 19.1 Å². The maximum Gasteiger partial charge on any atom is 0.330 e. The second-order valence-electron chi connectivity index (χ2n) is 3.30. The van der Waals surface area contributed by atoms with Crippen LogP contribution in [0.1, 0.15) is 19.8 Å². The Morgan fingerprint density at radius 1 is 1.28 bits per heavy atom. The molecular formula is C14H18O4. The number of ether oxygens (including phenoxy) is 2. The van der Waals surface area contributed by atoms with Gasteiger partial charge in [0, 0.05) is 19.1 Å². The molecule has 0 aromatic heterocycles. The van der Waals surface area contributed by atoms with Crippen molar-refractivity contribution in [1.82, 2.24) is 0 Å². The molecule has 0 aromatic rings. The van der Waals surface area contributed by atoms with E-state index in [0.29, 0.717) is 26.1 Å². The van der Waals surface area contributed by atoms with Crippen molar-refractivity contribution in [2.24, 2.45) is 0 Å². The lowest BCUT2D eigenvalue weighted by atomic mass is 10.2. The van der Waals surface area contributed by atoms with Crippen LogP contribution in [0.2, 0.25) is 0 Å². The summed E-state index contributed by atoms with van der Waals surface area (Å²) in [6.45, 7) is 2.81. The number of ketones is 1. The number of esters is 1. The minimum absolute atomic E-state index is 0.0205. The van der Waals surface area contributed by atoms with E-state index in [1.54, 1.807) is 6.92 Å². The van der Waals surface area contributed by atoms with Crippen molar-refractivity contribution in [3.05, 3.63) is 24.3 Å². The van der Waals surface area contributed by atoms with Crippen LogP contribution >= 0.6 is 0 Å². The Bertz CT molecular complexity index is 347. The lowest BCUT2D eigenvalue weighted by Crippen LogP contribution is -1.99. The third-order valence-electron chi connectivity index (χ3n) is 1.81. The fourth-order valence-electron chi connectivity index (χ4n) is 1.05. The highest BCUT2D eigenvalue weighted by Crippen LogP contribution is 1.94. The maximum absolute atomic E-state index is 11.3. The van der Waals surface area contributed by atoms with Crippen LogP contribution in [-0.4, -0.2) is 31.6 Å². The summed E-state index contributed by atoms with van der Waals surface area (Å²) < 4.78 is 9.70. The number of hydrogen-bond acceptors (Lipinski definition) is 4. The molecule has 0 aromatic carbocycles. The van der Waals surface area contributed by atoms with Gasteiger partial charge in [-0.25, -0.2) is 4.79 Å². The van der Waals surface area contributed by atoms with Crippen molar-refractivity contribution in [2.45, 2.75) is 19.8 Å². The normalized spacial score (nSPS) is 10.7. The predicted octanol–water partition coefficient (Wildman–Crippen LogP) is 1.66. The summed E-state index contributed by atoms with van der Waals surface area (Å²) in [5.74, 6) is 1.90. The van der Waals surface area contributed by atoms with Crippen molar-refractivity contribution in [2.75, 3.05) is 19.8 Å². The molecule has 0 aliphatic rings. The highest BCUT2D eigenvalue weighted by molar-refractivity contribution is 5.90. The minimum Gasteiger partial charge on any atom is -0.463 e. The fraction of sp³-hybridized carbons (Fsp3) is 0.429. The summed E-state index contributed by atoms with van der Waals surface area (Å²) in [4.78, 5) is 22.2. The van der Waals surface area contributed by atoms with Crippen LogP contribution in [0.25, 0.3) is 0 Å². The molecule has 0 radical (unpaired) electrons. The van der Waals surface area contributed by atoms with Crippen LogP contribution in [-0.2, 0) is 19.1 Å². The van der Waals surface area contributed by atoms with Gasteiger partial charge in [-0.2, -0.15) is 0 Å². The van der Waals surface area contributed by atoms with Gasteiger partial charge in [-0.1, -0.05) is 18.1 Å². The highest BCUT2D eigenvalue weighted by Gasteiger charge is 1.96. The molecule has 0 bridgehead atoms. The first-order chi connectivity index (χ1) is 8.70. The molecule has 0 N–H and O–H groups in total. The van der Waals surface area contributed by atoms with Crippen LogP contribution in [0, 0.1) is 12.3 Å². The third kappa shape index (κ3) is 10.7. The van der Waals surface area contributed by atoms with Gasteiger partial charge in [0.25, 0.3) is 0 Å². The van der Waals surface area contributed by atoms with Gasteiger partial charge in [0.15, 0.2) is 5.78 Å². The molecule has 0 fully saturated rings. The first-order valence-electron chi connectivity index (χ1n) is 5.76. The smallest absolute Gasteiger partial charge is 0.330 e. The summed E-state index contributed by atoms with van der Waals surface area (Å²) >= 11 is 0. The SMILES string of the molecule is C#CCOCCCC(=O)C=CC=CC(=O)OCC. The second-order valence-corrected chi connectivity index (χ2v) is 3.30. The minimum atomic E-state index is -0.419. The van der Waals surface area contributed by atoms with E-state index in [1.165, 1.54) is 24.3 Å². The van der Waals surface area contributed by atoms with Crippen LogP contribution in [0.4, 0.5) is 0 Å². The van der Waals surface area contributed by atoms with E-state index in [9.17, 15) is 9.59 Å². The van der Waals surface area contributed by atoms with Crippen molar-refractivity contribution in [3.8, 4) is 12.3 Å². The quantitative estimate of drug-likeness (QED) is 0.205. The van der Waals surface area contributed by atoms with Gasteiger partial charge >= 0.3 is 5.97 Å². The van der Waals surface area contributed by atoms with Crippen LogP contribution in [0.15, 0.2) is 24.3 Å². The van der Waals surface area contributed by atoms with Crippen LogP contribution < -0.4 is 0 Å². The molecule has 0 unspecified atom stereocenters. The molecule has 0 aliphatic carbocycles. The Kier molecular flexibility index (Phi) is 10.4. The molecule has 0 saturated heterocycles. The fourth-order valence-corrected chi connectivity index (χ4v) is 1.05. The standard InChI is InChI=1S/C14H18O4/c1-3-11-17-12-7-9-13(15)8-5-6-10-14(16)18-4-2/h1,5-6,8,10H,4,7,9,11-12H2,2H3. The largest absolute Gasteiger partial charge is 0.463 e. The number of allylic oxidation sites excluding steroid dienone is 3. The Labute approximate surface area is 108 Å². The zero-order chi connectivity index (χ0) is 13.6. The average Bonchev–Trinajstić information content (AvgIpc) is 2.35. The zero-order valence-corrected chi connectivity index (χ0v) is 10.6. The molecular weight excluding hydrogens is 232 g/mol. The van der Waals surface area contributed by atoms with Gasteiger partial charge in [-0.3, -0.25) is 4.79 Å². The van der Waals surface area contributed by atoms with E-state index in [-0.39, 0.29) is 12.4 Å². The molecule has 0 amide bonds. The predicted molar refractivity (Wildman–Crippen MR) is 68.8 cm³/mol. The van der Waals surface area contributed by atoms with E-state index in [1.807, 2.05) is 0 Å². The molecule has 0 heterocycles. The lowest BCUT2D eigenvalue weighted by molar-refractivity contribution is -0.137. The summed E-state index contributed by atoms with van der Waals surface area (Å²) in [6.07, 6.45) is 11.7. The Balaban J connectivity index is 3.68. The topological polar surface area (TPSA) is 52.6 Å². The molecule has 4 nitrogen and oxygen atoms in total. The lowest BCUT2D eigenvalue weighted by Gasteiger charge is -1.97. The first kappa shape index (κ1) is 16.1. The van der Waals surface area contributed by atoms with E-state index >= 15 is 0 Å². The Morgan fingerprint density at radius 3 is 2.67 bits per heavy atom. The van der Waals surface area contributed by atoms with Crippen LogP contribution in [0.3, 0.4) is 0 Å². The number of carbonyl (C=O) groups is 2. The zero-order valence-electron chi connectivity index (χ0n) is 10.6. The maximum atomic E-state index is 11.3. The number of hydrogen-bond donors (Lipinski definition) is 0. The average molecular weight is 250 g/mol. The molecule has 18 heavy (non-hydrogen) atoms. The number of terminal acetylenes is 1. The van der Waals surface area contributed by atoms with Crippen LogP contribution in [0.5, 0.6) is 0 Å². The highest BCUT2D eigenvalue weighted by atomic mass is 16.5. The number of carbonyl (C=O) groups excluding carboxylic acids is 2. The summed E-state index contributed by atoms with van der Waals surface area (Å²) in [7, 11) is 0. The summed E-state index contributed by atoms with van der Waals surface area (Å²) in [5, 5.41) is 0. The number of rotatable bonds is 9. The van der Waals surface area contributed by atoms with Gasteiger partial charge in [0.1, 0.15) is 6.61 Å². The van der Waals surface area contributed by atoms with Gasteiger partial charge < -0.3 is 9.47 Å². The van der Waals surface area contributed by atoms with Gasteiger partial charge in [0.2, 0.25) is 0 Å². The summed E-state index contributed by atoms with van der Waals surface area (Å²) in [5.41, 5.74) is 0. The van der Waals surface area contributed by atoms with Gasteiger partial charge in [0.05, 0.1) is 6.61 Å². The Morgan fingerprint density at radius 2 is 2.00 bits per heavy atom. The first-order valence-corrected chi connectivity index (χ1v) is 5.76. The van der Waals surface area contributed by atoms with Gasteiger partial charge in [-0.05, 0) is 19.4 Å². The molecule has 0 rings (SSSR count). The molecule has 98 valence electrons. The molecule has 0 atom stereocenters. The third-order valence-corrected chi connectivity index (χ3v) is 1.81. The second kappa shape index (κ2) is 11.6. The Hall–Kier alpha value is -1.86. The van der Waals surface area contributed by atoms with Gasteiger partial charge in [-0.15, -0.1) is 6.42 Å². The van der Waals surface area contributed by atoms with E-state index in [0.717, 1.165) is 0 Å². The van der Waals surface area contributed by atoms with E-state index in [2.05, 4.69) is 10.7 Å². The monoisotopic (exact) mass is 250 g/mol.